The Bertz CT molecular complexity index is 657. The molecule has 23 heavy (non-hydrogen) atoms. The number of carbonyl (C=O) groups is 1. The van der Waals surface area contributed by atoms with Crippen LogP contribution in [0.15, 0.2) is 16.3 Å². The highest BCUT2D eigenvalue weighted by Gasteiger charge is 2.33. The predicted octanol–water partition coefficient (Wildman–Crippen LogP) is 2.79. The molecular weight excluding hydrogens is 332 g/mol. The average Bonchev–Trinajstić information content (AvgIpc) is 3.26. The van der Waals surface area contributed by atoms with Gasteiger partial charge in [-0.2, -0.15) is 4.31 Å². The van der Waals surface area contributed by atoms with Crippen molar-refractivity contribution in [1.29, 1.82) is 0 Å². The second kappa shape index (κ2) is 6.91. The van der Waals surface area contributed by atoms with Gasteiger partial charge in [0.1, 0.15) is 9.77 Å². The molecule has 3 rings (SSSR count). The molecule has 1 saturated heterocycles. The van der Waals surface area contributed by atoms with E-state index in [2.05, 4.69) is 0 Å². The smallest absolute Gasteiger partial charge is 0.265 e. The molecule has 0 N–H and O–H groups in total. The zero-order valence-corrected chi connectivity index (χ0v) is 15.2. The van der Waals surface area contributed by atoms with E-state index < -0.39 is 10.0 Å². The molecule has 0 bridgehead atoms. The number of thiophene rings is 1. The highest BCUT2D eigenvalue weighted by atomic mass is 32.2. The summed E-state index contributed by atoms with van der Waals surface area (Å²) in [7, 11) is -1.75. The van der Waals surface area contributed by atoms with Crippen molar-refractivity contribution >= 4 is 27.3 Å². The summed E-state index contributed by atoms with van der Waals surface area (Å²) in [5.74, 6) is 0.396. The highest BCUT2D eigenvalue weighted by Crippen LogP contribution is 2.30. The lowest BCUT2D eigenvalue weighted by Crippen LogP contribution is -2.33. The maximum Gasteiger partial charge on any atom is 0.265 e. The molecule has 2 heterocycles. The van der Waals surface area contributed by atoms with Gasteiger partial charge in [-0.15, -0.1) is 11.3 Å². The molecule has 2 fully saturated rings. The summed E-state index contributed by atoms with van der Waals surface area (Å²) in [6.45, 7) is 1.84. The first-order valence-electron chi connectivity index (χ1n) is 8.33. The van der Waals surface area contributed by atoms with E-state index in [-0.39, 0.29) is 10.8 Å². The molecule has 0 aromatic carbocycles. The summed E-state index contributed by atoms with van der Waals surface area (Å²) < 4.78 is 27.0. The lowest BCUT2D eigenvalue weighted by molar-refractivity contribution is 0.0774. The van der Waals surface area contributed by atoms with Crippen LogP contribution in [0.5, 0.6) is 0 Å². The topological polar surface area (TPSA) is 57.7 Å². The SMILES string of the molecule is CN(CC1CCCC1)C(=O)c1sccc1S(=O)(=O)N1CCCC1. The van der Waals surface area contributed by atoms with Gasteiger partial charge in [-0.25, -0.2) is 8.42 Å². The van der Waals surface area contributed by atoms with Crippen LogP contribution in [0, 0.1) is 5.92 Å². The Kier molecular flexibility index (Phi) is 5.08. The maximum absolute atomic E-state index is 12.7. The van der Waals surface area contributed by atoms with E-state index in [4.69, 9.17) is 0 Å². The molecule has 5 nitrogen and oxygen atoms in total. The van der Waals surface area contributed by atoms with Gasteiger partial charge in [0.15, 0.2) is 0 Å². The Labute approximate surface area is 142 Å². The molecule has 1 aliphatic heterocycles. The number of hydrogen-bond donors (Lipinski definition) is 0. The molecule has 1 saturated carbocycles. The van der Waals surface area contributed by atoms with Crippen LogP contribution in [-0.2, 0) is 10.0 Å². The minimum absolute atomic E-state index is 0.162. The number of hydrogen-bond acceptors (Lipinski definition) is 4. The van der Waals surface area contributed by atoms with Crippen LogP contribution < -0.4 is 0 Å². The van der Waals surface area contributed by atoms with Gasteiger partial charge in [-0.05, 0) is 43.0 Å². The molecule has 0 atom stereocenters. The van der Waals surface area contributed by atoms with Gasteiger partial charge in [0, 0.05) is 26.7 Å². The number of nitrogens with zero attached hydrogens (tertiary/aromatic N) is 2. The molecule has 0 radical (unpaired) electrons. The van der Waals surface area contributed by atoms with E-state index in [1.54, 1.807) is 23.4 Å². The molecule has 0 spiro atoms. The Morgan fingerprint density at radius 2 is 1.91 bits per heavy atom. The summed E-state index contributed by atoms with van der Waals surface area (Å²) in [5, 5.41) is 1.71. The third-order valence-electron chi connectivity index (χ3n) is 4.86. The monoisotopic (exact) mass is 356 g/mol. The van der Waals surface area contributed by atoms with E-state index in [0.717, 1.165) is 19.4 Å². The Hall–Kier alpha value is -0.920. The van der Waals surface area contributed by atoms with E-state index in [9.17, 15) is 13.2 Å². The fourth-order valence-corrected chi connectivity index (χ4v) is 6.47. The normalized spacial score (nSPS) is 20.2. The van der Waals surface area contributed by atoms with Crippen molar-refractivity contribution in [3.63, 3.8) is 0 Å². The van der Waals surface area contributed by atoms with Crippen LogP contribution in [0.4, 0.5) is 0 Å². The van der Waals surface area contributed by atoms with E-state index in [1.165, 1.54) is 41.3 Å². The van der Waals surface area contributed by atoms with Crippen molar-refractivity contribution in [2.45, 2.75) is 43.4 Å². The first-order chi connectivity index (χ1) is 11.0. The second-order valence-corrected chi connectivity index (χ2v) is 9.38. The van der Waals surface area contributed by atoms with Crippen molar-refractivity contribution in [2.24, 2.45) is 5.92 Å². The molecule has 2 aliphatic rings. The van der Waals surface area contributed by atoms with Gasteiger partial charge in [0.25, 0.3) is 5.91 Å². The quantitative estimate of drug-likeness (QED) is 0.815. The van der Waals surface area contributed by atoms with Crippen LogP contribution in [-0.4, -0.2) is 50.2 Å². The molecule has 0 unspecified atom stereocenters. The summed E-state index contributed by atoms with van der Waals surface area (Å²) in [6, 6.07) is 1.58. The fourth-order valence-electron chi connectivity index (χ4n) is 3.56. The van der Waals surface area contributed by atoms with Gasteiger partial charge >= 0.3 is 0 Å². The summed E-state index contributed by atoms with van der Waals surface area (Å²) >= 11 is 1.23. The average molecular weight is 357 g/mol. The van der Waals surface area contributed by atoms with Crippen LogP contribution in [0.3, 0.4) is 0 Å². The third kappa shape index (κ3) is 3.46. The van der Waals surface area contributed by atoms with E-state index in [0.29, 0.717) is 23.9 Å². The van der Waals surface area contributed by atoms with Crippen LogP contribution in [0.25, 0.3) is 0 Å². The van der Waals surface area contributed by atoms with Crippen LogP contribution >= 0.6 is 11.3 Å². The molecule has 1 aromatic rings. The summed E-state index contributed by atoms with van der Waals surface area (Å²) in [4.78, 5) is 15.0. The van der Waals surface area contributed by atoms with Crippen LogP contribution in [0.1, 0.15) is 48.2 Å². The molecule has 1 aromatic heterocycles. The molecule has 1 amide bonds. The number of amides is 1. The zero-order valence-electron chi connectivity index (χ0n) is 13.5. The van der Waals surface area contributed by atoms with E-state index in [1.807, 2.05) is 0 Å². The molecule has 7 heteroatoms. The van der Waals surface area contributed by atoms with Crippen molar-refractivity contribution in [3.05, 3.63) is 16.3 Å². The van der Waals surface area contributed by atoms with Crippen molar-refractivity contribution in [3.8, 4) is 0 Å². The maximum atomic E-state index is 12.7. The lowest BCUT2D eigenvalue weighted by Gasteiger charge is -2.22. The fraction of sp³-hybridized carbons (Fsp3) is 0.688. The van der Waals surface area contributed by atoms with Gasteiger partial charge in [-0.3, -0.25) is 4.79 Å². The Balaban J connectivity index is 1.78. The van der Waals surface area contributed by atoms with Gasteiger partial charge in [-0.1, -0.05) is 12.8 Å². The lowest BCUT2D eigenvalue weighted by atomic mass is 10.1. The molecular formula is C16H24N2O3S2. The second-order valence-electron chi connectivity index (χ2n) is 6.56. The van der Waals surface area contributed by atoms with Crippen molar-refractivity contribution in [2.75, 3.05) is 26.7 Å². The van der Waals surface area contributed by atoms with Crippen molar-refractivity contribution in [1.82, 2.24) is 9.21 Å². The molecule has 1 aliphatic carbocycles. The first-order valence-corrected chi connectivity index (χ1v) is 10.6. The van der Waals surface area contributed by atoms with Gasteiger partial charge in [0.05, 0.1) is 0 Å². The predicted molar refractivity (Wildman–Crippen MR) is 91.2 cm³/mol. The number of rotatable bonds is 5. The van der Waals surface area contributed by atoms with E-state index >= 15 is 0 Å². The standard InChI is InChI=1S/C16H24N2O3S2/c1-17(12-13-6-2-3-7-13)16(19)15-14(8-11-22-15)23(20,21)18-9-4-5-10-18/h8,11,13H,2-7,9-10,12H2,1H3. The first kappa shape index (κ1) is 16.9. The zero-order chi connectivity index (χ0) is 16.4. The Morgan fingerprint density at radius 1 is 1.26 bits per heavy atom. The summed E-state index contributed by atoms with van der Waals surface area (Å²) in [5.41, 5.74) is 0. The van der Waals surface area contributed by atoms with Crippen LogP contribution in [0.2, 0.25) is 0 Å². The minimum Gasteiger partial charge on any atom is -0.341 e. The number of sulfonamides is 1. The van der Waals surface area contributed by atoms with Gasteiger partial charge < -0.3 is 4.90 Å². The molecule has 128 valence electrons. The summed E-state index contributed by atoms with van der Waals surface area (Å²) in [6.07, 6.45) is 6.60. The van der Waals surface area contributed by atoms with Gasteiger partial charge in [0.2, 0.25) is 10.0 Å². The highest BCUT2D eigenvalue weighted by molar-refractivity contribution is 7.89. The largest absolute Gasteiger partial charge is 0.341 e. The number of carbonyl (C=O) groups excluding carboxylic acids is 1. The minimum atomic E-state index is -3.54. The van der Waals surface area contributed by atoms with Crippen molar-refractivity contribution < 1.29 is 13.2 Å². The Morgan fingerprint density at radius 3 is 2.57 bits per heavy atom. The third-order valence-corrected chi connectivity index (χ3v) is 7.83.